The van der Waals surface area contributed by atoms with E-state index >= 15 is 0 Å². The van der Waals surface area contributed by atoms with Crippen LogP contribution in [0.2, 0.25) is 5.02 Å². The highest BCUT2D eigenvalue weighted by Gasteiger charge is 2.12. The molecule has 0 saturated heterocycles. The molecule has 28 heavy (non-hydrogen) atoms. The summed E-state index contributed by atoms with van der Waals surface area (Å²) >= 11 is 7.21. The molecule has 0 aliphatic heterocycles. The van der Waals surface area contributed by atoms with E-state index in [0.29, 0.717) is 31.9 Å². The van der Waals surface area contributed by atoms with Gasteiger partial charge in [0.2, 0.25) is 0 Å². The normalized spacial score (nSPS) is 12.1. The van der Waals surface area contributed by atoms with Gasteiger partial charge in [0.25, 0.3) is 5.56 Å². The number of methoxy groups -OCH3 is 1. The first-order valence-corrected chi connectivity index (χ1v) is 9.43. The quantitative estimate of drug-likeness (QED) is 0.552. The van der Waals surface area contributed by atoms with Gasteiger partial charge in [-0.1, -0.05) is 35.1 Å². The molecule has 0 fully saturated rings. The Morgan fingerprint density at radius 1 is 1.32 bits per heavy atom. The topological polar surface area (TPSA) is 63.8 Å². The summed E-state index contributed by atoms with van der Waals surface area (Å²) in [7, 11) is 1.42. The average Bonchev–Trinajstić information content (AvgIpc) is 3.20. The lowest BCUT2D eigenvalue weighted by Crippen LogP contribution is -2.22. The number of ether oxygens (including phenoxy) is 1. The second kappa shape index (κ2) is 6.92. The van der Waals surface area contributed by atoms with Crippen molar-refractivity contribution in [3.05, 3.63) is 73.4 Å². The van der Waals surface area contributed by atoms with Gasteiger partial charge >= 0.3 is 0 Å². The first-order valence-electron chi connectivity index (χ1n) is 8.24. The highest BCUT2D eigenvalue weighted by atomic mass is 35.5. The molecule has 5 nitrogen and oxygen atoms in total. The maximum Gasteiger partial charge on any atom is 0.274 e. The third-order valence-corrected chi connectivity index (χ3v) is 5.61. The minimum Gasteiger partial charge on any atom is -0.503 e. The number of nitrogens with zero attached hydrogens (tertiary/aromatic N) is 2. The molecule has 0 saturated carbocycles. The van der Waals surface area contributed by atoms with Crippen molar-refractivity contribution < 1.29 is 14.2 Å². The lowest BCUT2D eigenvalue weighted by molar-refractivity contribution is 0.373. The van der Waals surface area contributed by atoms with Crippen molar-refractivity contribution in [2.45, 2.75) is 6.92 Å². The zero-order chi connectivity index (χ0) is 20.0. The van der Waals surface area contributed by atoms with E-state index in [1.807, 2.05) is 0 Å². The van der Waals surface area contributed by atoms with Crippen LogP contribution in [0.4, 0.5) is 4.39 Å². The molecule has 2 aromatic heterocycles. The number of halogens is 2. The Bertz CT molecular complexity index is 1330. The van der Waals surface area contributed by atoms with Crippen LogP contribution in [0.25, 0.3) is 22.3 Å². The molecule has 0 aliphatic carbocycles. The van der Waals surface area contributed by atoms with Gasteiger partial charge in [-0.3, -0.25) is 9.20 Å². The second-order valence-corrected chi connectivity index (χ2v) is 7.63. The molecular formula is C20H14ClFN2O3S. The highest BCUT2D eigenvalue weighted by Crippen LogP contribution is 2.35. The number of aromatic hydroxyl groups is 1. The van der Waals surface area contributed by atoms with Gasteiger partial charge in [0, 0.05) is 11.8 Å². The van der Waals surface area contributed by atoms with Crippen molar-refractivity contribution in [2.75, 3.05) is 7.11 Å². The third kappa shape index (κ3) is 3.12. The number of hydrogen-bond donors (Lipinski definition) is 1. The van der Waals surface area contributed by atoms with Gasteiger partial charge < -0.3 is 9.84 Å². The molecule has 0 unspecified atom stereocenters. The number of fused-ring (bicyclic) bond motifs is 1. The second-order valence-electron chi connectivity index (χ2n) is 6.21. The molecule has 2 heterocycles. The lowest BCUT2D eigenvalue weighted by Gasteiger charge is -2.05. The summed E-state index contributed by atoms with van der Waals surface area (Å²) in [4.78, 5) is 17.7. The molecule has 4 rings (SSSR count). The fourth-order valence-corrected chi connectivity index (χ4v) is 3.98. The lowest BCUT2D eigenvalue weighted by atomic mass is 10.1. The zero-order valence-electron chi connectivity index (χ0n) is 14.9. The predicted octanol–water partition coefficient (Wildman–Crippen LogP) is 3.79. The monoisotopic (exact) mass is 416 g/mol. The van der Waals surface area contributed by atoms with Gasteiger partial charge in [0.1, 0.15) is 5.82 Å². The Labute approximate surface area is 167 Å². The van der Waals surface area contributed by atoms with Gasteiger partial charge in [0.15, 0.2) is 16.5 Å². The summed E-state index contributed by atoms with van der Waals surface area (Å²) in [6.45, 7) is 1.69. The van der Waals surface area contributed by atoms with Crippen molar-refractivity contribution in [2.24, 2.45) is 0 Å². The van der Waals surface area contributed by atoms with Crippen LogP contribution in [-0.2, 0) is 0 Å². The molecule has 2 aromatic carbocycles. The third-order valence-electron chi connectivity index (χ3n) is 4.34. The minimum absolute atomic E-state index is 0.128. The van der Waals surface area contributed by atoms with E-state index in [2.05, 4.69) is 4.98 Å². The number of phenols is 1. The number of rotatable bonds is 3. The summed E-state index contributed by atoms with van der Waals surface area (Å²) in [5.74, 6) is -0.251. The SMILES string of the molecule is COc1cc(/C=c2\sc3nc(-c4ccc(C)c(F)c4)cn3c2=O)cc(Cl)c1O. The van der Waals surface area contributed by atoms with Crippen LogP contribution >= 0.6 is 22.9 Å². The number of benzene rings is 2. The van der Waals surface area contributed by atoms with Crippen LogP contribution in [0.5, 0.6) is 11.5 Å². The molecule has 0 atom stereocenters. The molecule has 142 valence electrons. The Morgan fingerprint density at radius 3 is 2.79 bits per heavy atom. The van der Waals surface area contributed by atoms with E-state index in [1.165, 1.54) is 28.9 Å². The number of hydrogen-bond acceptors (Lipinski definition) is 5. The van der Waals surface area contributed by atoms with Crippen molar-refractivity contribution in [3.8, 4) is 22.8 Å². The van der Waals surface area contributed by atoms with Gasteiger partial charge in [0.05, 0.1) is 22.4 Å². The maximum absolute atomic E-state index is 13.8. The van der Waals surface area contributed by atoms with Gasteiger partial charge in [-0.05, 0) is 42.3 Å². The predicted molar refractivity (Wildman–Crippen MR) is 108 cm³/mol. The average molecular weight is 417 g/mol. The first-order chi connectivity index (χ1) is 13.4. The Morgan fingerprint density at radius 2 is 2.11 bits per heavy atom. The van der Waals surface area contributed by atoms with Crippen LogP contribution in [0, 0.1) is 12.7 Å². The molecule has 0 radical (unpaired) electrons. The minimum atomic E-state index is -0.316. The number of imidazole rings is 1. The molecule has 0 amide bonds. The van der Waals surface area contributed by atoms with E-state index < -0.39 is 0 Å². The Kier molecular flexibility index (Phi) is 4.56. The van der Waals surface area contributed by atoms with Crippen LogP contribution in [0.1, 0.15) is 11.1 Å². The summed E-state index contributed by atoms with van der Waals surface area (Å²) < 4.78 is 20.8. The van der Waals surface area contributed by atoms with Crippen molar-refractivity contribution in [3.63, 3.8) is 0 Å². The van der Waals surface area contributed by atoms with Gasteiger partial charge in [-0.15, -0.1) is 0 Å². The molecule has 0 spiro atoms. The first kappa shape index (κ1) is 18.5. The fraction of sp³-hybridized carbons (Fsp3) is 0.100. The van der Waals surface area contributed by atoms with E-state index in [1.54, 1.807) is 43.5 Å². The number of aryl methyl sites for hydroxylation is 1. The van der Waals surface area contributed by atoms with E-state index in [4.69, 9.17) is 16.3 Å². The smallest absolute Gasteiger partial charge is 0.274 e. The summed E-state index contributed by atoms with van der Waals surface area (Å²) in [6, 6.07) is 7.99. The molecule has 4 aromatic rings. The van der Waals surface area contributed by atoms with Crippen molar-refractivity contribution >= 4 is 34.0 Å². The van der Waals surface area contributed by atoms with Crippen LogP contribution in [-0.4, -0.2) is 21.6 Å². The molecule has 8 heteroatoms. The van der Waals surface area contributed by atoms with Gasteiger partial charge in [-0.25, -0.2) is 9.37 Å². The van der Waals surface area contributed by atoms with Crippen molar-refractivity contribution in [1.29, 1.82) is 0 Å². The molecule has 1 N–H and O–H groups in total. The van der Waals surface area contributed by atoms with E-state index in [-0.39, 0.29) is 27.9 Å². The summed E-state index contributed by atoms with van der Waals surface area (Å²) in [5.41, 5.74) is 2.06. The zero-order valence-corrected chi connectivity index (χ0v) is 16.4. The van der Waals surface area contributed by atoms with Crippen LogP contribution in [0.3, 0.4) is 0 Å². The van der Waals surface area contributed by atoms with Crippen LogP contribution < -0.4 is 14.8 Å². The number of phenolic OH excluding ortho intramolecular Hbond substituents is 1. The van der Waals surface area contributed by atoms with Gasteiger partial charge in [-0.2, -0.15) is 0 Å². The largest absolute Gasteiger partial charge is 0.503 e. The van der Waals surface area contributed by atoms with Crippen molar-refractivity contribution in [1.82, 2.24) is 9.38 Å². The summed E-state index contributed by atoms with van der Waals surface area (Å²) in [6.07, 6.45) is 3.25. The fourth-order valence-electron chi connectivity index (χ4n) is 2.81. The molecular weight excluding hydrogens is 403 g/mol. The highest BCUT2D eigenvalue weighted by molar-refractivity contribution is 7.15. The van der Waals surface area contributed by atoms with E-state index in [9.17, 15) is 14.3 Å². The number of thiazole rings is 1. The molecule has 0 aliphatic rings. The van der Waals surface area contributed by atoms with E-state index in [0.717, 1.165) is 0 Å². The summed E-state index contributed by atoms with van der Waals surface area (Å²) in [5, 5.41) is 9.96. The standard InChI is InChI=1S/C20H14ClFN2O3S/c1-10-3-4-12(8-14(10)22)15-9-24-19(26)17(28-20(24)23-15)7-11-5-13(21)18(25)16(6-11)27-2/h3-9,25H,1-2H3/b17-7-. The number of aromatic nitrogens is 2. The van der Waals surface area contributed by atoms with Crippen LogP contribution in [0.15, 0.2) is 41.3 Å². The maximum atomic E-state index is 13.8. The Hall–Kier alpha value is -2.90. The Balaban J connectivity index is 1.80. The molecule has 0 bridgehead atoms.